The zero-order valence-electron chi connectivity index (χ0n) is 12.8. The first-order valence-electron chi connectivity index (χ1n) is 7.37. The van der Waals surface area contributed by atoms with E-state index in [9.17, 15) is 4.79 Å². The fourth-order valence-corrected chi connectivity index (χ4v) is 3.17. The molecule has 2 rings (SSSR count). The normalized spacial score (nSPS) is 12.1. The van der Waals surface area contributed by atoms with Gasteiger partial charge in [-0.1, -0.05) is 37.3 Å². The minimum atomic E-state index is 0.0855. The Labute approximate surface area is 130 Å². The smallest absolute Gasteiger partial charge is 0.225 e. The first kappa shape index (κ1) is 15.7. The van der Waals surface area contributed by atoms with Gasteiger partial charge in [0, 0.05) is 17.3 Å². The van der Waals surface area contributed by atoms with Crippen molar-refractivity contribution in [1.29, 1.82) is 0 Å². The number of hydrogen-bond acceptors (Lipinski definition) is 3. The average molecular weight is 302 g/mol. The maximum atomic E-state index is 12.0. The molecule has 1 amide bonds. The molecule has 4 heteroatoms. The van der Waals surface area contributed by atoms with Crippen molar-refractivity contribution in [3.63, 3.8) is 0 Å². The molecule has 0 fully saturated rings. The zero-order valence-corrected chi connectivity index (χ0v) is 13.7. The first-order valence-corrected chi connectivity index (χ1v) is 8.18. The van der Waals surface area contributed by atoms with Gasteiger partial charge >= 0.3 is 0 Å². The summed E-state index contributed by atoms with van der Waals surface area (Å²) >= 11 is 1.65. The highest BCUT2D eigenvalue weighted by Gasteiger charge is 2.13. The van der Waals surface area contributed by atoms with Gasteiger partial charge in [0.25, 0.3) is 0 Å². The van der Waals surface area contributed by atoms with Crippen molar-refractivity contribution >= 4 is 17.2 Å². The van der Waals surface area contributed by atoms with Crippen LogP contribution in [0.25, 0.3) is 0 Å². The number of nitrogens with zero attached hydrogens (tertiary/aromatic N) is 1. The van der Waals surface area contributed by atoms with Crippen LogP contribution in [0.15, 0.2) is 30.3 Å². The minimum Gasteiger partial charge on any atom is -0.353 e. The van der Waals surface area contributed by atoms with Gasteiger partial charge in [-0.05, 0) is 25.8 Å². The molecule has 0 aliphatic carbocycles. The summed E-state index contributed by atoms with van der Waals surface area (Å²) in [5.41, 5.74) is 2.23. The Morgan fingerprint density at radius 2 is 2.05 bits per heavy atom. The number of aryl methyl sites for hydroxylation is 1. The lowest BCUT2D eigenvalue weighted by Crippen LogP contribution is -2.33. The van der Waals surface area contributed by atoms with Gasteiger partial charge in [0.2, 0.25) is 5.91 Å². The molecule has 1 heterocycles. The molecule has 0 aliphatic heterocycles. The Hall–Kier alpha value is -1.68. The molecule has 0 spiro atoms. The van der Waals surface area contributed by atoms with E-state index in [2.05, 4.69) is 29.4 Å². The summed E-state index contributed by atoms with van der Waals surface area (Å²) < 4.78 is 0. The maximum Gasteiger partial charge on any atom is 0.225 e. The standard InChI is InChI=1S/C17H22N2OS/c1-4-12(2)18-16(20)11-15-13(3)19-17(21-15)10-14-8-6-5-7-9-14/h5-9,12H,4,10-11H2,1-3H3,(H,18,20). The summed E-state index contributed by atoms with van der Waals surface area (Å²) in [6.07, 6.45) is 2.22. The van der Waals surface area contributed by atoms with E-state index < -0.39 is 0 Å². The Morgan fingerprint density at radius 1 is 1.33 bits per heavy atom. The predicted molar refractivity (Wildman–Crippen MR) is 87.7 cm³/mol. The highest BCUT2D eigenvalue weighted by molar-refractivity contribution is 7.11. The second kappa shape index (κ2) is 7.36. The van der Waals surface area contributed by atoms with Gasteiger partial charge in [-0.2, -0.15) is 0 Å². The number of amides is 1. The lowest BCUT2D eigenvalue weighted by atomic mass is 10.2. The first-order chi connectivity index (χ1) is 10.1. The van der Waals surface area contributed by atoms with Gasteiger partial charge < -0.3 is 5.32 Å². The molecule has 1 aromatic carbocycles. The average Bonchev–Trinajstić information content (AvgIpc) is 2.79. The number of aromatic nitrogens is 1. The molecule has 0 aliphatic rings. The van der Waals surface area contributed by atoms with Gasteiger partial charge in [0.1, 0.15) is 0 Å². The molecule has 0 bridgehead atoms. The Bertz CT molecular complexity index is 592. The SMILES string of the molecule is CCC(C)NC(=O)Cc1sc(Cc2ccccc2)nc1C. The van der Waals surface area contributed by atoms with Gasteiger partial charge in [-0.15, -0.1) is 11.3 Å². The summed E-state index contributed by atoms with van der Waals surface area (Å²) in [4.78, 5) is 17.6. The van der Waals surface area contributed by atoms with Crippen molar-refractivity contribution in [2.75, 3.05) is 0 Å². The Kier molecular flexibility index (Phi) is 5.51. The van der Waals surface area contributed by atoms with Crippen LogP contribution in [0.2, 0.25) is 0 Å². The van der Waals surface area contributed by atoms with E-state index in [1.807, 2.05) is 32.0 Å². The summed E-state index contributed by atoms with van der Waals surface area (Å²) in [6.45, 7) is 6.08. The van der Waals surface area contributed by atoms with Crippen LogP contribution in [0.5, 0.6) is 0 Å². The summed E-state index contributed by atoms with van der Waals surface area (Å²) in [5, 5.41) is 4.08. The van der Waals surface area contributed by atoms with Crippen LogP contribution in [0.4, 0.5) is 0 Å². The largest absolute Gasteiger partial charge is 0.353 e. The third kappa shape index (κ3) is 4.67. The molecule has 21 heavy (non-hydrogen) atoms. The van der Waals surface area contributed by atoms with Crippen LogP contribution in [-0.4, -0.2) is 16.9 Å². The van der Waals surface area contributed by atoms with Crippen LogP contribution in [0.1, 0.15) is 41.4 Å². The van der Waals surface area contributed by atoms with E-state index in [0.29, 0.717) is 6.42 Å². The number of carbonyl (C=O) groups excluding carboxylic acids is 1. The molecule has 1 unspecified atom stereocenters. The Morgan fingerprint density at radius 3 is 2.71 bits per heavy atom. The van der Waals surface area contributed by atoms with Crippen molar-refractivity contribution in [3.8, 4) is 0 Å². The van der Waals surface area contributed by atoms with Gasteiger partial charge in [0.05, 0.1) is 17.1 Å². The highest BCUT2D eigenvalue weighted by Crippen LogP contribution is 2.21. The minimum absolute atomic E-state index is 0.0855. The van der Waals surface area contributed by atoms with Crippen molar-refractivity contribution in [2.45, 2.75) is 46.1 Å². The van der Waals surface area contributed by atoms with Crippen LogP contribution in [-0.2, 0) is 17.6 Å². The second-order valence-electron chi connectivity index (χ2n) is 5.33. The monoisotopic (exact) mass is 302 g/mol. The van der Waals surface area contributed by atoms with Gasteiger partial charge in [-0.25, -0.2) is 4.98 Å². The molecule has 1 N–H and O–H groups in total. The van der Waals surface area contributed by atoms with E-state index in [1.165, 1.54) is 5.56 Å². The molecule has 1 atom stereocenters. The topological polar surface area (TPSA) is 42.0 Å². The Balaban J connectivity index is 2.00. The predicted octanol–water partition coefficient (Wildman–Crippen LogP) is 3.50. The van der Waals surface area contributed by atoms with Crippen molar-refractivity contribution in [2.24, 2.45) is 0 Å². The zero-order chi connectivity index (χ0) is 15.2. The quantitative estimate of drug-likeness (QED) is 0.887. The molecular weight excluding hydrogens is 280 g/mol. The molecule has 0 radical (unpaired) electrons. The molecular formula is C17H22N2OS. The van der Waals surface area contributed by atoms with Crippen LogP contribution in [0.3, 0.4) is 0 Å². The van der Waals surface area contributed by atoms with Crippen LogP contribution >= 0.6 is 11.3 Å². The number of nitrogens with one attached hydrogen (secondary N) is 1. The van der Waals surface area contributed by atoms with Crippen molar-refractivity contribution in [3.05, 3.63) is 51.5 Å². The van der Waals surface area contributed by atoms with E-state index in [-0.39, 0.29) is 11.9 Å². The fraction of sp³-hybridized carbons (Fsp3) is 0.412. The summed E-state index contributed by atoms with van der Waals surface area (Å²) in [6, 6.07) is 10.5. The van der Waals surface area contributed by atoms with Crippen molar-refractivity contribution in [1.82, 2.24) is 10.3 Å². The van der Waals surface area contributed by atoms with E-state index in [4.69, 9.17) is 0 Å². The lowest BCUT2D eigenvalue weighted by Gasteiger charge is -2.10. The lowest BCUT2D eigenvalue weighted by molar-refractivity contribution is -0.121. The van der Waals surface area contributed by atoms with E-state index in [1.54, 1.807) is 11.3 Å². The third-order valence-electron chi connectivity index (χ3n) is 3.48. The molecule has 0 saturated heterocycles. The highest BCUT2D eigenvalue weighted by atomic mass is 32.1. The molecule has 2 aromatic rings. The van der Waals surface area contributed by atoms with Gasteiger partial charge in [-0.3, -0.25) is 4.79 Å². The second-order valence-corrected chi connectivity index (χ2v) is 6.50. The van der Waals surface area contributed by atoms with Crippen molar-refractivity contribution < 1.29 is 4.79 Å². The van der Waals surface area contributed by atoms with E-state index >= 15 is 0 Å². The molecule has 1 aromatic heterocycles. The molecule has 3 nitrogen and oxygen atoms in total. The number of rotatable bonds is 6. The third-order valence-corrected chi connectivity index (χ3v) is 4.63. The van der Waals surface area contributed by atoms with Gasteiger partial charge in [0.15, 0.2) is 0 Å². The number of carbonyl (C=O) groups is 1. The van der Waals surface area contributed by atoms with E-state index in [0.717, 1.165) is 28.4 Å². The fourth-order valence-electron chi connectivity index (χ4n) is 2.07. The molecule has 112 valence electrons. The van der Waals surface area contributed by atoms with Crippen LogP contribution in [0, 0.1) is 6.92 Å². The number of benzene rings is 1. The number of thiazole rings is 1. The van der Waals surface area contributed by atoms with Crippen LogP contribution < -0.4 is 5.32 Å². The number of hydrogen-bond donors (Lipinski definition) is 1. The molecule has 0 saturated carbocycles. The summed E-state index contributed by atoms with van der Waals surface area (Å²) in [5.74, 6) is 0.0855. The summed E-state index contributed by atoms with van der Waals surface area (Å²) in [7, 11) is 0. The maximum absolute atomic E-state index is 12.0.